The van der Waals surface area contributed by atoms with E-state index < -0.39 is 0 Å². The van der Waals surface area contributed by atoms with E-state index in [-0.39, 0.29) is 30.1 Å². The van der Waals surface area contributed by atoms with Gasteiger partial charge in [0.1, 0.15) is 18.1 Å². The molecule has 2 N–H and O–H groups in total. The Morgan fingerprint density at radius 3 is 2.83 bits per heavy atom. The Morgan fingerprint density at radius 1 is 1.30 bits per heavy atom. The van der Waals surface area contributed by atoms with Crippen LogP contribution in [0.4, 0.5) is 0 Å². The van der Waals surface area contributed by atoms with Crippen molar-refractivity contribution in [3.63, 3.8) is 0 Å². The molecule has 122 valence electrons. The summed E-state index contributed by atoms with van der Waals surface area (Å²) < 4.78 is 6.86. The number of allylic oxidation sites excluding steroid dienone is 1. The van der Waals surface area contributed by atoms with Crippen LogP contribution >= 0.6 is 0 Å². The van der Waals surface area contributed by atoms with Crippen molar-refractivity contribution in [1.29, 1.82) is 0 Å². The van der Waals surface area contributed by atoms with Gasteiger partial charge in [0, 0.05) is 12.7 Å². The molecule has 5 nitrogen and oxygen atoms in total. The molecule has 2 rings (SSSR count). The molecule has 0 atom stereocenters. The Balaban J connectivity index is 2.14. The zero-order chi connectivity index (χ0) is 16.8. The molecule has 5 heteroatoms. The van der Waals surface area contributed by atoms with Gasteiger partial charge in [0.2, 0.25) is 0 Å². The van der Waals surface area contributed by atoms with Crippen molar-refractivity contribution in [3.8, 4) is 11.5 Å². The van der Waals surface area contributed by atoms with Crippen molar-refractivity contribution in [3.05, 3.63) is 63.6 Å². The molecule has 0 unspecified atom stereocenters. The van der Waals surface area contributed by atoms with Crippen molar-refractivity contribution >= 4 is 6.08 Å². The topological polar surface area (TPSA) is 71.7 Å². The second kappa shape index (κ2) is 7.65. The van der Waals surface area contributed by atoms with Gasteiger partial charge >= 0.3 is 0 Å². The van der Waals surface area contributed by atoms with Crippen molar-refractivity contribution < 1.29 is 14.9 Å². The van der Waals surface area contributed by atoms with Crippen molar-refractivity contribution in [2.45, 2.75) is 13.3 Å². The van der Waals surface area contributed by atoms with Crippen LogP contribution in [0.5, 0.6) is 11.5 Å². The molecule has 0 saturated heterocycles. The van der Waals surface area contributed by atoms with E-state index in [9.17, 15) is 9.90 Å². The first-order valence-electron chi connectivity index (χ1n) is 7.41. The lowest BCUT2D eigenvalue weighted by Gasteiger charge is -2.07. The van der Waals surface area contributed by atoms with Crippen LogP contribution in [0.3, 0.4) is 0 Å². The summed E-state index contributed by atoms with van der Waals surface area (Å²) in [4.78, 5) is 12.1. The van der Waals surface area contributed by atoms with Gasteiger partial charge in [-0.1, -0.05) is 18.2 Å². The van der Waals surface area contributed by atoms with Crippen LogP contribution < -0.4 is 10.3 Å². The molecule has 0 radical (unpaired) electrons. The minimum atomic E-state index is -0.223. The summed E-state index contributed by atoms with van der Waals surface area (Å²) in [7, 11) is 1.68. The van der Waals surface area contributed by atoms with Gasteiger partial charge in [-0.15, -0.1) is 0 Å². The third-order valence-corrected chi connectivity index (χ3v) is 3.58. The molecule has 0 spiro atoms. The van der Waals surface area contributed by atoms with E-state index in [4.69, 9.17) is 9.84 Å². The van der Waals surface area contributed by atoms with Gasteiger partial charge in [-0.05, 0) is 43.2 Å². The number of aliphatic hydroxyl groups excluding tert-OH is 1. The zero-order valence-electron chi connectivity index (χ0n) is 13.3. The fourth-order valence-corrected chi connectivity index (χ4v) is 2.22. The number of aryl methyl sites for hydroxylation is 1. The Bertz CT molecular complexity index is 762. The molecule has 2 aromatic rings. The molecule has 0 bridgehead atoms. The molecule has 23 heavy (non-hydrogen) atoms. The maximum Gasteiger partial charge on any atom is 0.261 e. The van der Waals surface area contributed by atoms with Gasteiger partial charge in [0.05, 0.1) is 12.2 Å². The predicted octanol–water partition coefficient (Wildman–Crippen LogP) is 2.03. The summed E-state index contributed by atoms with van der Waals surface area (Å²) in [6, 6.07) is 9.10. The first kappa shape index (κ1) is 16.8. The van der Waals surface area contributed by atoms with E-state index >= 15 is 0 Å². The highest BCUT2D eigenvalue weighted by Gasteiger charge is 2.07. The second-order valence-corrected chi connectivity index (χ2v) is 5.27. The normalized spacial score (nSPS) is 11.1. The van der Waals surface area contributed by atoms with E-state index in [1.165, 1.54) is 4.57 Å². The van der Waals surface area contributed by atoms with Gasteiger partial charge in [-0.25, -0.2) is 0 Å². The number of hydrogen-bond donors (Lipinski definition) is 2. The maximum atomic E-state index is 12.1. The zero-order valence-corrected chi connectivity index (χ0v) is 13.3. The van der Waals surface area contributed by atoms with Gasteiger partial charge < -0.3 is 19.5 Å². The molecule has 1 heterocycles. The molecule has 0 fully saturated rings. The quantitative estimate of drug-likeness (QED) is 0.855. The van der Waals surface area contributed by atoms with E-state index in [1.54, 1.807) is 26.1 Å². The van der Waals surface area contributed by atoms with Gasteiger partial charge in [-0.3, -0.25) is 4.79 Å². The van der Waals surface area contributed by atoms with Crippen LogP contribution in [-0.2, 0) is 13.5 Å². The van der Waals surface area contributed by atoms with Crippen LogP contribution in [0.2, 0.25) is 0 Å². The number of pyridine rings is 1. The maximum absolute atomic E-state index is 12.1. The SMILES string of the molecule is Cc1cc(O)c(C=CCc2cccc(OCCO)c2)c(=O)n1C. The summed E-state index contributed by atoms with van der Waals surface area (Å²) in [6.45, 7) is 2.00. The van der Waals surface area contributed by atoms with Crippen LogP contribution in [0.15, 0.2) is 41.2 Å². The lowest BCUT2D eigenvalue weighted by Crippen LogP contribution is -2.20. The summed E-state index contributed by atoms with van der Waals surface area (Å²) >= 11 is 0. The smallest absolute Gasteiger partial charge is 0.261 e. The molecule has 0 aliphatic carbocycles. The number of nitrogens with zero attached hydrogens (tertiary/aromatic N) is 1. The molecule has 0 amide bonds. The molecule has 1 aromatic carbocycles. The average Bonchev–Trinajstić information content (AvgIpc) is 2.54. The van der Waals surface area contributed by atoms with E-state index in [0.29, 0.717) is 17.9 Å². The highest BCUT2D eigenvalue weighted by Crippen LogP contribution is 2.17. The lowest BCUT2D eigenvalue weighted by atomic mass is 10.1. The fraction of sp³-hybridized carbons (Fsp3) is 0.278. The molecule has 1 aromatic heterocycles. The Kier molecular flexibility index (Phi) is 5.60. The van der Waals surface area contributed by atoms with Crippen LogP contribution in [0.25, 0.3) is 6.08 Å². The molecule has 0 aliphatic heterocycles. The van der Waals surface area contributed by atoms with Crippen molar-refractivity contribution in [1.82, 2.24) is 4.57 Å². The Labute approximate surface area is 135 Å². The summed E-state index contributed by atoms with van der Waals surface area (Å²) in [5, 5.41) is 18.7. The minimum Gasteiger partial charge on any atom is -0.507 e. The number of benzene rings is 1. The van der Waals surface area contributed by atoms with Crippen molar-refractivity contribution in [2.75, 3.05) is 13.2 Å². The van der Waals surface area contributed by atoms with Gasteiger partial charge in [-0.2, -0.15) is 0 Å². The van der Waals surface area contributed by atoms with E-state index in [1.807, 2.05) is 30.3 Å². The second-order valence-electron chi connectivity index (χ2n) is 5.27. The monoisotopic (exact) mass is 315 g/mol. The number of aromatic hydroxyl groups is 1. The molecular formula is C18H21NO4. The molecule has 0 aliphatic rings. The first-order valence-corrected chi connectivity index (χ1v) is 7.41. The molecular weight excluding hydrogens is 294 g/mol. The average molecular weight is 315 g/mol. The predicted molar refractivity (Wildman–Crippen MR) is 89.8 cm³/mol. The van der Waals surface area contributed by atoms with Crippen LogP contribution in [0.1, 0.15) is 16.8 Å². The summed E-state index contributed by atoms with van der Waals surface area (Å²) in [6.07, 6.45) is 4.07. The summed E-state index contributed by atoms with van der Waals surface area (Å²) in [5.41, 5.74) is 1.78. The van der Waals surface area contributed by atoms with Gasteiger partial charge in [0.15, 0.2) is 0 Å². The number of ether oxygens (including phenoxy) is 1. The summed E-state index contributed by atoms with van der Waals surface area (Å²) in [5.74, 6) is 0.681. The fourth-order valence-electron chi connectivity index (χ4n) is 2.22. The standard InChI is InChI=1S/C18H21NO4/c1-13-11-17(21)16(18(22)19(13)2)8-4-6-14-5-3-7-15(12-14)23-10-9-20/h3-5,7-8,11-12,20-21H,6,9-10H2,1-2H3. The Morgan fingerprint density at radius 2 is 2.09 bits per heavy atom. The number of aliphatic hydroxyl groups is 1. The van der Waals surface area contributed by atoms with Crippen LogP contribution in [0, 0.1) is 6.92 Å². The minimum absolute atomic E-state index is 0.0121. The van der Waals surface area contributed by atoms with Crippen LogP contribution in [-0.4, -0.2) is 28.0 Å². The first-order chi connectivity index (χ1) is 11.0. The Hall–Kier alpha value is -2.53. The lowest BCUT2D eigenvalue weighted by molar-refractivity contribution is 0.201. The number of hydrogen-bond acceptors (Lipinski definition) is 4. The highest BCUT2D eigenvalue weighted by atomic mass is 16.5. The van der Waals surface area contributed by atoms with E-state index in [0.717, 1.165) is 5.56 Å². The number of rotatable bonds is 6. The largest absolute Gasteiger partial charge is 0.507 e. The van der Waals surface area contributed by atoms with Crippen molar-refractivity contribution in [2.24, 2.45) is 7.05 Å². The highest BCUT2D eigenvalue weighted by molar-refractivity contribution is 5.56. The molecule has 0 saturated carbocycles. The van der Waals surface area contributed by atoms with E-state index in [2.05, 4.69) is 0 Å². The number of aromatic nitrogens is 1. The third kappa shape index (κ3) is 4.23. The van der Waals surface area contributed by atoms with Gasteiger partial charge in [0.25, 0.3) is 5.56 Å². The third-order valence-electron chi connectivity index (χ3n) is 3.58.